The van der Waals surface area contributed by atoms with Crippen molar-refractivity contribution in [1.82, 2.24) is 15.2 Å². The molecule has 118 valence electrons. The van der Waals surface area contributed by atoms with Crippen molar-refractivity contribution in [2.45, 2.75) is 39.5 Å². The number of H-pyrrole nitrogens is 1. The van der Waals surface area contributed by atoms with Gasteiger partial charge in [-0.15, -0.1) is 0 Å². The minimum atomic E-state index is 1.04. The third-order valence-corrected chi connectivity index (χ3v) is 4.42. The number of anilines is 1. The molecule has 4 heteroatoms. The third kappa shape index (κ3) is 3.02. The highest BCUT2D eigenvalue weighted by atomic mass is 15.6. The second-order valence-corrected chi connectivity index (χ2v) is 6.24. The molecule has 0 aliphatic carbocycles. The lowest BCUT2D eigenvalue weighted by atomic mass is 9.99. The Bertz CT molecular complexity index is 632. The lowest BCUT2D eigenvalue weighted by Crippen LogP contribution is -2.43. The molecule has 1 aliphatic rings. The molecule has 0 fully saturated rings. The van der Waals surface area contributed by atoms with Crippen LogP contribution in [-0.4, -0.2) is 35.3 Å². The molecular weight excluding hydrogens is 272 g/mol. The van der Waals surface area contributed by atoms with Gasteiger partial charge >= 0.3 is 0 Å². The average Bonchev–Trinajstić information content (AvgIpc) is 2.98. The van der Waals surface area contributed by atoms with E-state index in [9.17, 15) is 0 Å². The number of aromatic nitrogens is 2. The predicted molar refractivity (Wildman–Crippen MR) is 92.0 cm³/mol. The van der Waals surface area contributed by atoms with E-state index < -0.39 is 0 Å². The van der Waals surface area contributed by atoms with Gasteiger partial charge in [0.2, 0.25) is 0 Å². The number of fused-ring (bicyclic) bond motifs is 1. The highest BCUT2D eigenvalue weighted by molar-refractivity contribution is 5.67. The summed E-state index contributed by atoms with van der Waals surface area (Å²) in [6.07, 6.45) is 4.85. The van der Waals surface area contributed by atoms with E-state index in [-0.39, 0.29) is 0 Å². The molecular formula is C18H26N4. The van der Waals surface area contributed by atoms with Crippen LogP contribution in [0.2, 0.25) is 0 Å². The number of aromatic amines is 1. The normalized spacial score (nSPS) is 14.5. The van der Waals surface area contributed by atoms with E-state index >= 15 is 0 Å². The lowest BCUT2D eigenvalue weighted by molar-refractivity contribution is 0.291. The molecule has 3 rings (SSSR count). The molecule has 1 aliphatic heterocycles. The number of nitrogens with one attached hydrogen (secondary N) is 1. The molecule has 0 saturated carbocycles. The molecule has 0 radical (unpaired) electrons. The van der Waals surface area contributed by atoms with Crippen molar-refractivity contribution in [2.75, 3.05) is 25.1 Å². The van der Waals surface area contributed by atoms with Crippen LogP contribution in [0.25, 0.3) is 11.3 Å². The number of hydrogen-bond acceptors (Lipinski definition) is 3. The van der Waals surface area contributed by atoms with Gasteiger partial charge in [0.15, 0.2) is 0 Å². The molecule has 1 N–H and O–H groups in total. The van der Waals surface area contributed by atoms with Crippen LogP contribution in [-0.2, 0) is 6.42 Å². The fourth-order valence-corrected chi connectivity index (χ4v) is 3.16. The number of aryl methyl sites for hydroxylation is 2. The summed E-state index contributed by atoms with van der Waals surface area (Å²) in [5.74, 6) is 0. The van der Waals surface area contributed by atoms with Crippen molar-refractivity contribution in [1.29, 1.82) is 0 Å². The van der Waals surface area contributed by atoms with Gasteiger partial charge in [-0.1, -0.05) is 19.4 Å². The van der Waals surface area contributed by atoms with Crippen LogP contribution < -0.4 is 5.01 Å². The Kier molecular flexibility index (Phi) is 4.48. The van der Waals surface area contributed by atoms with Gasteiger partial charge in [-0.2, -0.15) is 5.10 Å². The largest absolute Gasteiger partial charge is 0.306 e. The van der Waals surface area contributed by atoms with E-state index in [1.807, 2.05) is 6.92 Å². The molecule has 2 heterocycles. The molecule has 0 spiro atoms. The summed E-state index contributed by atoms with van der Waals surface area (Å²) in [6.45, 7) is 6.53. The van der Waals surface area contributed by atoms with Crippen LogP contribution >= 0.6 is 0 Å². The van der Waals surface area contributed by atoms with Gasteiger partial charge in [-0.05, 0) is 49.9 Å². The highest BCUT2D eigenvalue weighted by Crippen LogP contribution is 2.31. The second kappa shape index (κ2) is 6.53. The van der Waals surface area contributed by atoms with Crippen LogP contribution in [0.15, 0.2) is 24.3 Å². The van der Waals surface area contributed by atoms with E-state index in [0.717, 1.165) is 30.9 Å². The summed E-state index contributed by atoms with van der Waals surface area (Å²) in [4.78, 5) is 0. The maximum Gasteiger partial charge on any atom is 0.0923 e. The average molecular weight is 298 g/mol. The number of nitrogens with zero attached hydrogens (tertiary/aromatic N) is 3. The number of hydrogen-bond donors (Lipinski definition) is 1. The van der Waals surface area contributed by atoms with Crippen molar-refractivity contribution in [3.8, 4) is 11.3 Å². The van der Waals surface area contributed by atoms with Crippen LogP contribution in [0, 0.1) is 6.92 Å². The summed E-state index contributed by atoms with van der Waals surface area (Å²) >= 11 is 0. The molecule has 1 aromatic carbocycles. The zero-order valence-electron chi connectivity index (χ0n) is 13.9. The molecule has 4 nitrogen and oxygen atoms in total. The molecule has 0 unspecified atom stereocenters. The fraction of sp³-hybridized carbons (Fsp3) is 0.500. The first-order valence-electron chi connectivity index (χ1n) is 8.33. The van der Waals surface area contributed by atoms with Crippen molar-refractivity contribution >= 4 is 5.69 Å². The third-order valence-electron chi connectivity index (χ3n) is 4.42. The summed E-state index contributed by atoms with van der Waals surface area (Å²) in [6, 6.07) is 8.87. The number of unbranched alkanes of at least 4 members (excludes halogenated alkanes) is 1. The van der Waals surface area contributed by atoms with Crippen LogP contribution in [0.5, 0.6) is 0 Å². The van der Waals surface area contributed by atoms with Crippen LogP contribution in [0.3, 0.4) is 0 Å². The number of hydrazine groups is 1. The number of benzene rings is 1. The Balaban J connectivity index is 1.86. The van der Waals surface area contributed by atoms with Gasteiger partial charge in [0.25, 0.3) is 0 Å². The minimum Gasteiger partial charge on any atom is -0.306 e. The van der Waals surface area contributed by atoms with Gasteiger partial charge < -0.3 is 5.01 Å². The summed E-state index contributed by atoms with van der Waals surface area (Å²) < 4.78 is 0. The Morgan fingerprint density at radius 3 is 2.91 bits per heavy atom. The maximum atomic E-state index is 4.38. The first kappa shape index (κ1) is 15.1. The zero-order valence-corrected chi connectivity index (χ0v) is 13.9. The summed E-state index contributed by atoms with van der Waals surface area (Å²) in [5.41, 5.74) is 6.15. The van der Waals surface area contributed by atoms with Crippen LogP contribution in [0.4, 0.5) is 5.69 Å². The smallest absolute Gasteiger partial charge is 0.0923 e. The minimum absolute atomic E-state index is 1.04. The Labute approximate surface area is 133 Å². The molecule has 0 saturated heterocycles. The van der Waals surface area contributed by atoms with E-state index in [4.69, 9.17) is 0 Å². The standard InChI is InChI=1S/C18H26N4/c1-4-5-10-21(3)22-11-6-7-16-13-15(8-9-18(16)22)17-12-14(2)19-20-17/h8-9,12-13H,4-7,10-11H2,1-3H3,(H,19,20). The SMILES string of the molecule is CCCCN(C)N1CCCc2cc(-c3cc(C)[nH]n3)ccc21. The first-order chi connectivity index (χ1) is 10.7. The van der Waals surface area contributed by atoms with Crippen molar-refractivity contribution in [2.24, 2.45) is 0 Å². The topological polar surface area (TPSA) is 35.2 Å². The second-order valence-electron chi connectivity index (χ2n) is 6.24. The van der Waals surface area contributed by atoms with Gasteiger partial charge in [-0.3, -0.25) is 5.10 Å². The van der Waals surface area contributed by atoms with Crippen LogP contribution in [0.1, 0.15) is 37.4 Å². The molecule has 1 aromatic heterocycles. The van der Waals surface area contributed by atoms with Gasteiger partial charge in [-0.25, -0.2) is 5.01 Å². The predicted octanol–water partition coefficient (Wildman–Crippen LogP) is 3.78. The van der Waals surface area contributed by atoms with E-state index in [1.165, 1.54) is 36.1 Å². The molecule has 22 heavy (non-hydrogen) atoms. The molecule has 0 bridgehead atoms. The van der Waals surface area contributed by atoms with Crippen molar-refractivity contribution < 1.29 is 0 Å². The quantitative estimate of drug-likeness (QED) is 0.912. The van der Waals surface area contributed by atoms with E-state index in [2.05, 4.69) is 58.5 Å². The monoisotopic (exact) mass is 298 g/mol. The van der Waals surface area contributed by atoms with Crippen molar-refractivity contribution in [3.63, 3.8) is 0 Å². The van der Waals surface area contributed by atoms with Gasteiger partial charge in [0.1, 0.15) is 0 Å². The molecule has 0 atom stereocenters. The van der Waals surface area contributed by atoms with E-state index in [1.54, 1.807) is 0 Å². The Morgan fingerprint density at radius 1 is 1.32 bits per heavy atom. The molecule has 2 aromatic rings. The molecule has 0 amide bonds. The summed E-state index contributed by atoms with van der Waals surface area (Å²) in [5, 5.41) is 12.2. The fourth-order valence-electron chi connectivity index (χ4n) is 3.16. The first-order valence-corrected chi connectivity index (χ1v) is 8.33. The maximum absolute atomic E-state index is 4.38. The number of rotatable bonds is 5. The highest BCUT2D eigenvalue weighted by Gasteiger charge is 2.20. The summed E-state index contributed by atoms with van der Waals surface area (Å²) in [7, 11) is 2.20. The lowest BCUT2D eigenvalue weighted by Gasteiger charge is -2.38. The Hall–Kier alpha value is -1.81. The van der Waals surface area contributed by atoms with Gasteiger partial charge in [0.05, 0.1) is 11.4 Å². The van der Waals surface area contributed by atoms with Crippen molar-refractivity contribution in [3.05, 3.63) is 35.5 Å². The zero-order chi connectivity index (χ0) is 15.5. The van der Waals surface area contributed by atoms with Gasteiger partial charge in [0, 0.05) is 31.4 Å². The van der Waals surface area contributed by atoms with E-state index in [0.29, 0.717) is 0 Å². The Morgan fingerprint density at radius 2 is 2.18 bits per heavy atom.